The van der Waals surface area contributed by atoms with Crippen LogP contribution in [0, 0.1) is 12.8 Å². The van der Waals surface area contributed by atoms with Crippen molar-refractivity contribution in [3.05, 3.63) is 35.4 Å². The number of nitrogens with zero attached hydrogens (tertiary/aromatic N) is 2. The minimum Gasteiger partial charge on any atom is -0.357 e. The van der Waals surface area contributed by atoms with Gasteiger partial charge in [0.15, 0.2) is 5.96 Å². The first-order chi connectivity index (χ1) is 10.7. The summed E-state index contributed by atoms with van der Waals surface area (Å²) >= 11 is 0. The van der Waals surface area contributed by atoms with Crippen LogP contribution in [0.4, 0.5) is 0 Å². The highest BCUT2D eigenvalue weighted by molar-refractivity contribution is 5.79. The van der Waals surface area contributed by atoms with Crippen LogP contribution in [-0.4, -0.2) is 44.1 Å². The molecule has 1 aliphatic rings. The zero-order chi connectivity index (χ0) is 15.8. The second-order valence-corrected chi connectivity index (χ2v) is 6.27. The minimum atomic E-state index is 0.723. The molecule has 2 rings (SSSR count). The molecule has 1 fully saturated rings. The molecule has 0 aliphatic carbocycles. The molecule has 122 valence electrons. The van der Waals surface area contributed by atoms with Crippen LogP contribution >= 0.6 is 0 Å². The molecule has 1 aromatic carbocycles. The van der Waals surface area contributed by atoms with Crippen LogP contribution < -0.4 is 10.6 Å². The molecule has 0 aromatic heterocycles. The second-order valence-electron chi connectivity index (χ2n) is 6.27. The molecule has 22 heavy (non-hydrogen) atoms. The summed E-state index contributed by atoms with van der Waals surface area (Å²) in [6, 6.07) is 8.45. The van der Waals surface area contributed by atoms with Crippen molar-refractivity contribution in [1.82, 2.24) is 15.5 Å². The monoisotopic (exact) mass is 302 g/mol. The van der Waals surface area contributed by atoms with Gasteiger partial charge in [-0.2, -0.15) is 0 Å². The molecule has 0 saturated carbocycles. The van der Waals surface area contributed by atoms with Crippen LogP contribution in [0.3, 0.4) is 0 Å². The Kier molecular flexibility index (Phi) is 6.72. The van der Waals surface area contributed by atoms with E-state index in [-0.39, 0.29) is 0 Å². The van der Waals surface area contributed by atoms with E-state index in [1.54, 1.807) is 0 Å². The van der Waals surface area contributed by atoms with Gasteiger partial charge in [-0.15, -0.1) is 0 Å². The number of piperidine rings is 1. The highest BCUT2D eigenvalue weighted by atomic mass is 15.2. The third-order valence-corrected chi connectivity index (χ3v) is 4.29. The number of likely N-dealkylation sites (tertiary alicyclic amines) is 1. The largest absolute Gasteiger partial charge is 0.357 e. The quantitative estimate of drug-likeness (QED) is 0.648. The van der Waals surface area contributed by atoms with E-state index >= 15 is 0 Å². The Morgan fingerprint density at radius 3 is 2.86 bits per heavy atom. The fourth-order valence-corrected chi connectivity index (χ4v) is 2.97. The highest BCUT2D eigenvalue weighted by Crippen LogP contribution is 2.14. The van der Waals surface area contributed by atoms with Crippen molar-refractivity contribution in [3.8, 4) is 0 Å². The maximum atomic E-state index is 4.73. The van der Waals surface area contributed by atoms with Gasteiger partial charge in [-0.3, -0.25) is 0 Å². The SMILES string of the molecule is CCNC(=NCc1ccccc1C)NCC1CCCN(C)C1. The van der Waals surface area contributed by atoms with Crippen LogP contribution in [0.15, 0.2) is 29.3 Å². The summed E-state index contributed by atoms with van der Waals surface area (Å²) in [5.74, 6) is 1.65. The van der Waals surface area contributed by atoms with Crippen LogP contribution in [0.25, 0.3) is 0 Å². The summed E-state index contributed by atoms with van der Waals surface area (Å²) in [5, 5.41) is 6.86. The first-order valence-corrected chi connectivity index (χ1v) is 8.44. The predicted molar refractivity (Wildman–Crippen MR) is 94.2 cm³/mol. The van der Waals surface area contributed by atoms with Crippen molar-refractivity contribution in [2.24, 2.45) is 10.9 Å². The van der Waals surface area contributed by atoms with Crippen molar-refractivity contribution in [1.29, 1.82) is 0 Å². The third-order valence-electron chi connectivity index (χ3n) is 4.29. The van der Waals surface area contributed by atoms with E-state index in [1.165, 1.54) is 37.1 Å². The smallest absolute Gasteiger partial charge is 0.191 e. The Balaban J connectivity index is 1.88. The molecule has 2 N–H and O–H groups in total. The third kappa shape index (κ3) is 5.34. The number of aliphatic imine (C=N–C) groups is 1. The van der Waals surface area contributed by atoms with Gasteiger partial charge < -0.3 is 15.5 Å². The molecule has 1 unspecified atom stereocenters. The van der Waals surface area contributed by atoms with Crippen molar-refractivity contribution in [3.63, 3.8) is 0 Å². The number of rotatable bonds is 5. The molecule has 4 heteroatoms. The molecule has 1 saturated heterocycles. The lowest BCUT2D eigenvalue weighted by atomic mass is 9.99. The maximum Gasteiger partial charge on any atom is 0.191 e. The molecule has 1 heterocycles. The van der Waals surface area contributed by atoms with Crippen LogP contribution in [0.2, 0.25) is 0 Å². The van der Waals surface area contributed by atoms with Gasteiger partial charge in [0, 0.05) is 19.6 Å². The number of hydrogen-bond acceptors (Lipinski definition) is 2. The first kappa shape index (κ1) is 16.8. The van der Waals surface area contributed by atoms with E-state index in [9.17, 15) is 0 Å². The van der Waals surface area contributed by atoms with E-state index in [2.05, 4.69) is 60.7 Å². The zero-order valence-corrected chi connectivity index (χ0v) is 14.2. The van der Waals surface area contributed by atoms with Crippen molar-refractivity contribution < 1.29 is 0 Å². The van der Waals surface area contributed by atoms with E-state index in [0.717, 1.165) is 31.5 Å². The Morgan fingerprint density at radius 2 is 2.14 bits per heavy atom. The lowest BCUT2D eigenvalue weighted by Gasteiger charge is -2.30. The molecule has 1 aromatic rings. The Morgan fingerprint density at radius 1 is 1.32 bits per heavy atom. The van der Waals surface area contributed by atoms with Crippen molar-refractivity contribution in [2.45, 2.75) is 33.2 Å². The van der Waals surface area contributed by atoms with Crippen molar-refractivity contribution >= 4 is 5.96 Å². The molecular formula is C18H30N4. The molecule has 1 atom stereocenters. The topological polar surface area (TPSA) is 39.7 Å². The Hall–Kier alpha value is -1.55. The predicted octanol–water partition coefficient (Wildman–Crippen LogP) is 2.39. The van der Waals surface area contributed by atoms with E-state index in [1.807, 2.05) is 0 Å². The number of aryl methyl sites for hydroxylation is 1. The van der Waals surface area contributed by atoms with E-state index in [4.69, 9.17) is 4.99 Å². The van der Waals surface area contributed by atoms with Gasteiger partial charge in [-0.25, -0.2) is 4.99 Å². The standard InChI is InChI=1S/C18H30N4/c1-4-19-18(20-12-16-9-7-11-22(3)14-16)21-13-17-10-6-5-8-15(17)2/h5-6,8,10,16H,4,7,9,11-14H2,1-3H3,(H2,19,20,21). The summed E-state index contributed by atoms with van der Waals surface area (Å²) in [6.07, 6.45) is 2.62. The lowest BCUT2D eigenvalue weighted by Crippen LogP contribution is -2.43. The zero-order valence-electron chi connectivity index (χ0n) is 14.2. The number of nitrogens with one attached hydrogen (secondary N) is 2. The van der Waals surface area contributed by atoms with Gasteiger partial charge in [-0.05, 0) is 57.3 Å². The molecule has 0 bridgehead atoms. The molecule has 1 aliphatic heterocycles. The first-order valence-electron chi connectivity index (χ1n) is 8.44. The number of hydrogen-bond donors (Lipinski definition) is 2. The van der Waals surface area contributed by atoms with Gasteiger partial charge >= 0.3 is 0 Å². The summed E-state index contributed by atoms with van der Waals surface area (Å²) in [6.45, 7) is 9.30. The van der Waals surface area contributed by atoms with E-state index < -0.39 is 0 Å². The van der Waals surface area contributed by atoms with E-state index in [0.29, 0.717) is 0 Å². The average Bonchev–Trinajstić information content (AvgIpc) is 2.51. The van der Waals surface area contributed by atoms with Gasteiger partial charge in [0.1, 0.15) is 0 Å². The summed E-state index contributed by atoms with van der Waals surface area (Å²) in [4.78, 5) is 7.15. The highest BCUT2D eigenvalue weighted by Gasteiger charge is 2.17. The molecular weight excluding hydrogens is 272 g/mol. The van der Waals surface area contributed by atoms with Crippen LogP contribution in [-0.2, 0) is 6.54 Å². The Bertz CT molecular complexity index is 484. The fourth-order valence-electron chi connectivity index (χ4n) is 2.97. The van der Waals surface area contributed by atoms with Gasteiger partial charge in [0.05, 0.1) is 6.54 Å². The van der Waals surface area contributed by atoms with Crippen LogP contribution in [0.5, 0.6) is 0 Å². The van der Waals surface area contributed by atoms with Crippen LogP contribution in [0.1, 0.15) is 30.9 Å². The minimum absolute atomic E-state index is 0.723. The molecule has 0 amide bonds. The number of guanidine groups is 1. The lowest BCUT2D eigenvalue weighted by molar-refractivity contribution is 0.210. The van der Waals surface area contributed by atoms with Gasteiger partial charge in [0.2, 0.25) is 0 Å². The normalized spacial score (nSPS) is 20.0. The average molecular weight is 302 g/mol. The summed E-state index contributed by atoms with van der Waals surface area (Å²) < 4.78 is 0. The van der Waals surface area contributed by atoms with Gasteiger partial charge in [-0.1, -0.05) is 24.3 Å². The Labute approximate surface area is 135 Å². The summed E-state index contributed by atoms with van der Waals surface area (Å²) in [5.41, 5.74) is 2.59. The maximum absolute atomic E-state index is 4.73. The molecule has 0 radical (unpaired) electrons. The number of benzene rings is 1. The van der Waals surface area contributed by atoms with Gasteiger partial charge in [0.25, 0.3) is 0 Å². The summed E-state index contributed by atoms with van der Waals surface area (Å²) in [7, 11) is 2.21. The molecule has 0 spiro atoms. The second kappa shape index (κ2) is 8.79. The molecule has 4 nitrogen and oxygen atoms in total. The van der Waals surface area contributed by atoms with Crippen molar-refractivity contribution in [2.75, 3.05) is 33.2 Å². The fraction of sp³-hybridized carbons (Fsp3) is 0.611.